The van der Waals surface area contributed by atoms with Gasteiger partial charge in [-0.15, -0.1) is 0 Å². The molecule has 0 N–H and O–H groups in total. The Hall–Kier alpha value is -1.82. The summed E-state index contributed by atoms with van der Waals surface area (Å²) in [5.41, 5.74) is -0.155. The van der Waals surface area contributed by atoms with Gasteiger partial charge < -0.3 is 9.47 Å². The summed E-state index contributed by atoms with van der Waals surface area (Å²) < 4.78 is 10.1. The van der Waals surface area contributed by atoms with E-state index < -0.39 is 28.5 Å². The lowest BCUT2D eigenvalue weighted by Gasteiger charge is -2.39. The maximum absolute atomic E-state index is 12.3. The second-order valence-corrected chi connectivity index (χ2v) is 6.45. The van der Waals surface area contributed by atoms with Crippen molar-refractivity contribution in [2.75, 3.05) is 7.11 Å². The largest absolute Gasteiger partial charge is 0.469 e. The van der Waals surface area contributed by atoms with Gasteiger partial charge in [-0.05, 0) is 18.9 Å². The molecule has 0 saturated heterocycles. The molecular weight excluding hydrogens is 316 g/mol. The number of rotatable bonds is 4. The van der Waals surface area contributed by atoms with Crippen molar-refractivity contribution in [3.63, 3.8) is 0 Å². The van der Waals surface area contributed by atoms with Gasteiger partial charge in [-0.25, -0.2) is 0 Å². The summed E-state index contributed by atoms with van der Waals surface area (Å²) >= 11 is 4.39. The average molecular weight is 336 g/mol. The van der Waals surface area contributed by atoms with Gasteiger partial charge >= 0.3 is 11.9 Å². The SMILES string of the molecule is COC(=O)[C@]1(C)CCC(=O)[C@@H](C(=O)OCc2ccccc2)[C@@H]1S. The summed E-state index contributed by atoms with van der Waals surface area (Å²) in [4.78, 5) is 36.5. The van der Waals surface area contributed by atoms with Gasteiger partial charge in [0.1, 0.15) is 18.3 Å². The van der Waals surface area contributed by atoms with Crippen LogP contribution in [0.5, 0.6) is 0 Å². The zero-order chi connectivity index (χ0) is 17.0. The van der Waals surface area contributed by atoms with Crippen molar-refractivity contribution < 1.29 is 23.9 Å². The number of esters is 2. The molecule has 0 bridgehead atoms. The zero-order valence-electron chi connectivity index (χ0n) is 13.2. The maximum Gasteiger partial charge on any atom is 0.317 e. The minimum Gasteiger partial charge on any atom is -0.469 e. The van der Waals surface area contributed by atoms with Crippen LogP contribution in [0, 0.1) is 11.3 Å². The van der Waals surface area contributed by atoms with Crippen LogP contribution < -0.4 is 0 Å². The van der Waals surface area contributed by atoms with E-state index in [2.05, 4.69) is 12.6 Å². The van der Waals surface area contributed by atoms with Gasteiger partial charge in [0.05, 0.1) is 12.5 Å². The number of carbonyl (C=O) groups is 3. The topological polar surface area (TPSA) is 69.7 Å². The number of carbonyl (C=O) groups excluding carboxylic acids is 3. The highest BCUT2D eigenvalue weighted by Crippen LogP contribution is 2.42. The average Bonchev–Trinajstić information content (AvgIpc) is 2.57. The van der Waals surface area contributed by atoms with E-state index in [1.54, 1.807) is 6.92 Å². The van der Waals surface area contributed by atoms with Crippen LogP contribution in [-0.4, -0.2) is 30.1 Å². The van der Waals surface area contributed by atoms with Gasteiger partial charge in [0.15, 0.2) is 0 Å². The summed E-state index contributed by atoms with van der Waals surface area (Å²) in [7, 11) is 1.28. The van der Waals surface area contributed by atoms with Crippen LogP contribution in [0.25, 0.3) is 0 Å². The number of hydrogen-bond acceptors (Lipinski definition) is 6. The number of Topliss-reactive ketones (excluding diaryl/α,β-unsaturated/α-hetero) is 1. The van der Waals surface area contributed by atoms with E-state index in [0.29, 0.717) is 6.42 Å². The number of hydrogen-bond donors (Lipinski definition) is 1. The van der Waals surface area contributed by atoms with Gasteiger partial charge in [-0.1, -0.05) is 30.3 Å². The molecule has 23 heavy (non-hydrogen) atoms. The second kappa shape index (κ2) is 7.17. The monoisotopic (exact) mass is 336 g/mol. The van der Waals surface area contributed by atoms with Crippen molar-refractivity contribution in [3.05, 3.63) is 35.9 Å². The molecule has 1 fully saturated rings. The van der Waals surface area contributed by atoms with Crippen LogP contribution in [0.1, 0.15) is 25.3 Å². The van der Waals surface area contributed by atoms with Crippen LogP contribution in [-0.2, 0) is 30.5 Å². The van der Waals surface area contributed by atoms with Crippen LogP contribution >= 0.6 is 12.6 Å². The highest BCUT2D eigenvalue weighted by atomic mass is 32.1. The molecule has 3 atom stereocenters. The van der Waals surface area contributed by atoms with Gasteiger partial charge in [0, 0.05) is 11.7 Å². The van der Waals surface area contributed by atoms with Crippen molar-refractivity contribution in [2.24, 2.45) is 11.3 Å². The van der Waals surface area contributed by atoms with Crippen LogP contribution in [0.3, 0.4) is 0 Å². The maximum atomic E-state index is 12.3. The Morgan fingerprint density at radius 2 is 1.96 bits per heavy atom. The number of ketones is 1. The normalized spacial score (nSPS) is 27.3. The Bertz CT molecular complexity index is 600. The van der Waals surface area contributed by atoms with Gasteiger partial charge in [-0.3, -0.25) is 14.4 Å². The molecule has 124 valence electrons. The molecule has 0 aliphatic heterocycles. The van der Waals surface area contributed by atoms with Gasteiger partial charge in [0.2, 0.25) is 0 Å². The molecule has 1 aliphatic carbocycles. The quantitative estimate of drug-likeness (QED) is 0.518. The molecule has 1 aliphatic rings. The summed E-state index contributed by atoms with van der Waals surface area (Å²) in [6, 6.07) is 9.19. The molecule has 1 aromatic rings. The molecule has 0 heterocycles. The third-order valence-corrected chi connectivity index (χ3v) is 5.20. The molecule has 1 aromatic carbocycles. The van der Waals surface area contributed by atoms with Crippen molar-refractivity contribution in [3.8, 4) is 0 Å². The minimum atomic E-state index is -1.06. The first-order chi connectivity index (χ1) is 10.9. The fraction of sp³-hybridized carbons (Fsp3) is 0.471. The Morgan fingerprint density at radius 3 is 2.57 bits per heavy atom. The van der Waals surface area contributed by atoms with Crippen LogP contribution in [0.2, 0.25) is 0 Å². The fourth-order valence-electron chi connectivity index (χ4n) is 2.76. The van der Waals surface area contributed by atoms with E-state index in [1.807, 2.05) is 30.3 Å². The van der Waals surface area contributed by atoms with Crippen LogP contribution in [0.4, 0.5) is 0 Å². The third kappa shape index (κ3) is 3.58. The van der Waals surface area contributed by atoms with E-state index in [0.717, 1.165) is 5.56 Å². The molecule has 0 radical (unpaired) electrons. The number of benzene rings is 1. The van der Waals surface area contributed by atoms with Crippen molar-refractivity contribution in [1.82, 2.24) is 0 Å². The lowest BCUT2D eigenvalue weighted by molar-refractivity contribution is -0.161. The smallest absolute Gasteiger partial charge is 0.317 e. The van der Waals surface area contributed by atoms with E-state index in [-0.39, 0.29) is 18.8 Å². The third-order valence-electron chi connectivity index (χ3n) is 4.34. The molecule has 5 nitrogen and oxygen atoms in total. The second-order valence-electron chi connectivity index (χ2n) is 5.89. The van der Waals surface area contributed by atoms with Crippen molar-refractivity contribution in [2.45, 2.75) is 31.6 Å². The molecule has 0 spiro atoms. The zero-order valence-corrected chi connectivity index (χ0v) is 14.0. The number of thiol groups is 1. The first-order valence-electron chi connectivity index (χ1n) is 7.40. The summed E-state index contributed by atoms with van der Waals surface area (Å²) in [6.45, 7) is 1.75. The first kappa shape index (κ1) is 17.5. The predicted molar refractivity (Wildman–Crippen MR) is 86.9 cm³/mol. The van der Waals surface area contributed by atoms with E-state index >= 15 is 0 Å². The Morgan fingerprint density at radius 1 is 1.30 bits per heavy atom. The Balaban J connectivity index is 2.11. The molecule has 6 heteroatoms. The highest BCUT2D eigenvalue weighted by molar-refractivity contribution is 7.81. The fourth-order valence-corrected chi connectivity index (χ4v) is 3.29. The lowest BCUT2D eigenvalue weighted by atomic mass is 9.69. The Labute approximate surface area is 140 Å². The lowest BCUT2D eigenvalue weighted by Crippen LogP contribution is -2.51. The summed E-state index contributed by atoms with van der Waals surface area (Å²) in [5.74, 6) is -2.41. The van der Waals surface area contributed by atoms with E-state index in [1.165, 1.54) is 7.11 Å². The first-order valence-corrected chi connectivity index (χ1v) is 7.91. The van der Waals surface area contributed by atoms with E-state index in [9.17, 15) is 14.4 Å². The standard InChI is InChI=1S/C17H20O5S/c1-17(16(20)21-2)9-8-12(18)13(14(17)23)15(19)22-10-11-6-4-3-5-7-11/h3-7,13-14,23H,8-10H2,1-2H3/t13-,14+,17-/m1/s1. The summed E-state index contributed by atoms with van der Waals surface area (Å²) in [6.07, 6.45) is 0.447. The highest BCUT2D eigenvalue weighted by Gasteiger charge is 2.53. The molecular formula is C17H20O5S. The van der Waals surface area contributed by atoms with Crippen molar-refractivity contribution >= 4 is 30.4 Å². The molecule has 0 aromatic heterocycles. The van der Waals surface area contributed by atoms with Gasteiger partial charge in [0.25, 0.3) is 0 Å². The molecule has 1 saturated carbocycles. The van der Waals surface area contributed by atoms with Crippen molar-refractivity contribution in [1.29, 1.82) is 0 Å². The summed E-state index contributed by atoms with van der Waals surface area (Å²) in [5, 5.41) is -0.764. The van der Waals surface area contributed by atoms with Gasteiger partial charge in [-0.2, -0.15) is 12.6 Å². The Kier molecular flexibility index (Phi) is 5.46. The van der Waals surface area contributed by atoms with Crippen LogP contribution in [0.15, 0.2) is 30.3 Å². The number of methoxy groups -OCH3 is 1. The van der Waals surface area contributed by atoms with E-state index in [4.69, 9.17) is 9.47 Å². The molecule has 0 unspecified atom stereocenters. The minimum absolute atomic E-state index is 0.0822. The predicted octanol–water partition coefficient (Wildman–Crippen LogP) is 2.19. The number of ether oxygens (including phenoxy) is 2. The molecule has 0 amide bonds. The molecule has 2 rings (SSSR count).